The minimum Gasteiger partial charge on any atom is -0.497 e. The number of nitrogens with zero attached hydrogens (tertiary/aromatic N) is 1. The summed E-state index contributed by atoms with van der Waals surface area (Å²) in [5.41, 5.74) is 0.428. The van der Waals surface area contributed by atoms with Crippen molar-refractivity contribution in [3.8, 4) is 11.7 Å². The summed E-state index contributed by atoms with van der Waals surface area (Å²) in [5, 5.41) is 12.2. The molecule has 1 aromatic carbocycles. The maximum Gasteiger partial charge on any atom is 0.354 e. The van der Waals surface area contributed by atoms with Gasteiger partial charge in [-0.3, -0.25) is 9.59 Å². The summed E-state index contributed by atoms with van der Waals surface area (Å²) in [6.45, 7) is 3.35. The summed E-state index contributed by atoms with van der Waals surface area (Å²) >= 11 is 0. The molecule has 0 aliphatic carbocycles. The molecular weight excluding hydrogens is 465 g/mol. The third-order valence-corrected chi connectivity index (χ3v) is 5.92. The number of benzene rings is 1. The van der Waals surface area contributed by atoms with Gasteiger partial charge in [0.05, 0.1) is 26.8 Å². The number of aromatic amines is 1. The van der Waals surface area contributed by atoms with Crippen LogP contribution in [0, 0.1) is 11.2 Å². The molecule has 190 valence electrons. The fourth-order valence-electron chi connectivity index (χ4n) is 3.96. The van der Waals surface area contributed by atoms with Crippen molar-refractivity contribution in [2.75, 3.05) is 21.3 Å². The number of esters is 2. The van der Waals surface area contributed by atoms with Crippen LogP contribution in [0.5, 0.6) is 5.75 Å². The van der Waals surface area contributed by atoms with E-state index in [0.717, 1.165) is 12.7 Å². The van der Waals surface area contributed by atoms with E-state index >= 15 is 0 Å². The SMILES string of the molecule is C=CCCC(NC(=O)C1CCCB1C#N)C(=O)OC.COC(=O)c1cc(=O)c2ccc(OC)cc2[nH]1. The molecule has 0 spiro atoms. The smallest absolute Gasteiger partial charge is 0.354 e. The number of hydrogen-bond donors (Lipinski definition) is 2. The molecule has 0 radical (unpaired) electrons. The molecule has 1 saturated heterocycles. The van der Waals surface area contributed by atoms with Crippen molar-refractivity contribution >= 4 is 35.5 Å². The van der Waals surface area contributed by atoms with Crippen LogP contribution in [0.1, 0.15) is 36.2 Å². The normalized spacial score (nSPS) is 15.1. The Hall–Kier alpha value is -4.07. The molecule has 1 amide bonds. The zero-order chi connectivity index (χ0) is 26.7. The fraction of sp³-hybridized carbons (Fsp3) is 0.400. The molecule has 0 saturated carbocycles. The second kappa shape index (κ2) is 13.7. The Morgan fingerprint density at radius 3 is 2.64 bits per heavy atom. The summed E-state index contributed by atoms with van der Waals surface area (Å²) in [6, 6.07) is 5.56. The van der Waals surface area contributed by atoms with Crippen LogP contribution in [0.15, 0.2) is 41.7 Å². The third-order valence-electron chi connectivity index (χ3n) is 5.92. The van der Waals surface area contributed by atoms with E-state index in [-0.39, 0.29) is 29.6 Å². The standard InChI is InChI=1S/C13H19BN2O3.C12H11NO4/c1-3-4-7-11(13(18)19-2)16-12(17)10-6-5-8-14(10)9-15;1-16-7-3-4-8-9(5-7)13-10(6-11(8)14)12(15)17-2/h3,10-11H,1,4-8H2,2H3,(H,16,17);3-6H,1-2H3,(H,13,14). The first kappa shape index (κ1) is 28.2. The van der Waals surface area contributed by atoms with E-state index < -0.39 is 18.0 Å². The number of fused-ring (bicyclic) bond motifs is 1. The van der Waals surface area contributed by atoms with E-state index in [1.807, 2.05) is 0 Å². The molecule has 11 heteroatoms. The van der Waals surface area contributed by atoms with Crippen molar-refractivity contribution in [1.29, 1.82) is 5.26 Å². The van der Waals surface area contributed by atoms with Crippen molar-refractivity contribution < 1.29 is 28.6 Å². The molecule has 2 N–H and O–H groups in total. The fourth-order valence-corrected chi connectivity index (χ4v) is 3.96. The molecule has 1 aliphatic rings. The van der Waals surface area contributed by atoms with Gasteiger partial charge in [-0.2, -0.15) is 0 Å². The van der Waals surface area contributed by atoms with Gasteiger partial charge in [-0.15, -0.1) is 6.58 Å². The molecule has 3 rings (SSSR count). The van der Waals surface area contributed by atoms with Crippen LogP contribution in [-0.4, -0.2) is 56.9 Å². The van der Waals surface area contributed by atoms with Crippen molar-refractivity contribution in [2.24, 2.45) is 0 Å². The predicted octanol–water partition coefficient (Wildman–Crippen LogP) is 2.66. The van der Waals surface area contributed by atoms with Gasteiger partial charge in [0.25, 0.3) is 6.71 Å². The third kappa shape index (κ3) is 7.22. The average Bonchev–Trinajstić information content (AvgIpc) is 3.39. The molecule has 1 aliphatic heterocycles. The highest BCUT2D eigenvalue weighted by Gasteiger charge is 2.38. The lowest BCUT2D eigenvalue weighted by Gasteiger charge is -2.19. The lowest BCUT2D eigenvalue weighted by Crippen LogP contribution is -2.44. The molecule has 2 aromatic rings. The summed E-state index contributed by atoms with van der Waals surface area (Å²) in [5.74, 6) is 1.21. The number of nitrogens with one attached hydrogen (secondary N) is 2. The number of carbonyl (C=O) groups is 3. The zero-order valence-electron chi connectivity index (χ0n) is 20.7. The van der Waals surface area contributed by atoms with Gasteiger partial charge in [0.2, 0.25) is 5.91 Å². The Labute approximate surface area is 209 Å². The van der Waals surface area contributed by atoms with Gasteiger partial charge in [0.15, 0.2) is 5.43 Å². The molecule has 2 atom stereocenters. The van der Waals surface area contributed by atoms with E-state index in [1.54, 1.807) is 24.3 Å². The van der Waals surface area contributed by atoms with Crippen LogP contribution in [0.2, 0.25) is 12.1 Å². The van der Waals surface area contributed by atoms with Crippen LogP contribution in [-0.2, 0) is 19.1 Å². The Bertz CT molecular complexity index is 1200. The largest absolute Gasteiger partial charge is 0.497 e. The predicted molar refractivity (Wildman–Crippen MR) is 135 cm³/mol. The molecule has 2 heterocycles. The van der Waals surface area contributed by atoms with Crippen molar-refractivity contribution in [3.05, 3.63) is 52.8 Å². The van der Waals surface area contributed by atoms with Crippen LogP contribution >= 0.6 is 0 Å². The minimum absolute atomic E-state index is 0.123. The zero-order valence-corrected chi connectivity index (χ0v) is 20.7. The number of ether oxygens (including phenoxy) is 3. The molecule has 10 nitrogen and oxygen atoms in total. The number of H-pyrrole nitrogens is 1. The van der Waals surface area contributed by atoms with Gasteiger partial charge < -0.3 is 24.5 Å². The van der Waals surface area contributed by atoms with Crippen molar-refractivity contribution in [2.45, 2.75) is 43.9 Å². The molecular formula is C25H30BN3O7. The second-order valence-corrected chi connectivity index (χ2v) is 8.17. The van der Waals surface area contributed by atoms with Crippen molar-refractivity contribution in [1.82, 2.24) is 10.3 Å². The molecule has 36 heavy (non-hydrogen) atoms. The second-order valence-electron chi connectivity index (χ2n) is 8.17. The Balaban J connectivity index is 0.000000255. The van der Waals surface area contributed by atoms with Gasteiger partial charge in [0.1, 0.15) is 17.5 Å². The van der Waals surface area contributed by atoms with Crippen LogP contribution in [0.4, 0.5) is 0 Å². The van der Waals surface area contributed by atoms with E-state index in [1.165, 1.54) is 27.4 Å². The quantitative estimate of drug-likeness (QED) is 0.323. The lowest BCUT2D eigenvalue weighted by atomic mass is 9.44. The number of allylic oxidation sites excluding steroid dienone is 1. The molecule has 1 aromatic heterocycles. The number of rotatable bonds is 8. The average molecular weight is 495 g/mol. The Morgan fingerprint density at radius 2 is 2.03 bits per heavy atom. The van der Waals surface area contributed by atoms with E-state index in [9.17, 15) is 19.2 Å². The summed E-state index contributed by atoms with van der Waals surface area (Å²) in [7, 11) is 4.09. The Morgan fingerprint density at radius 1 is 1.28 bits per heavy atom. The minimum atomic E-state index is -0.657. The highest BCUT2D eigenvalue weighted by Crippen LogP contribution is 2.30. The first-order chi connectivity index (χ1) is 17.3. The monoisotopic (exact) mass is 495 g/mol. The van der Waals surface area contributed by atoms with Crippen molar-refractivity contribution in [3.63, 3.8) is 0 Å². The van der Waals surface area contributed by atoms with Gasteiger partial charge in [-0.25, -0.2) is 14.9 Å². The first-order valence-electron chi connectivity index (χ1n) is 11.5. The maximum atomic E-state index is 12.1. The molecule has 1 fully saturated rings. The van der Waals surface area contributed by atoms with Gasteiger partial charge >= 0.3 is 11.9 Å². The first-order valence-corrected chi connectivity index (χ1v) is 11.5. The summed E-state index contributed by atoms with van der Waals surface area (Å²) < 4.78 is 14.3. The van der Waals surface area contributed by atoms with E-state index in [2.05, 4.69) is 32.3 Å². The number of methoxy groups -OCH3 is 3. The van der Waals surface area contributed by atoms with Crippen LogP contribution < -0.4 is 15.5 Å². The number of hydrogen-bond acceptors (Lipinski definition) is 8. The highest BCUT2D eigenvalue weighted by molar-refractivity contribution is 6.72. The number of nitriles is 1. The lowest BCUT2D eigenvalue weighted by molar-refractivity contribution is -0.145. The van der Waals surface area contributed by atoms with E-state index in [0.29, 0.717) is 35.9 Å². The van der Waals surface area contributed by atoms with Gasteiger partial charge in [0, 0.05) is 29.3 Å². The van der Waals surface area contributed by atoms with Crippen LogP contribution in [0.3, 0.4) is 0 Å². The number of carbonyl (C=O) groups excluding carboxylic acids is 3. The van der Waals surface area contributed by atoms with Gasteiger partial charge in [-0.05, 0) is 31.4 Å². The molecule has 2 unspecified atom stereocenters. The molecule has 0 bridgehead atoms. The summed E-state index contributed by atoms with van der Waals surface area (Å²) in [6.07, 6.45) is 5.11. The van der Waals surface area contributed by atoms with Crippen LogP contribution in [0.25, 0.3) is 10.9 Å². The number of pyridine rings is 1. The maximum absolute atomic E-state index is 12.1. The van der Waals surface area contributed by atoms with E-state index in [4.69, 9.17) is 10.00 Å². The highest BCUT2D eigenvalue weighted by atomic mass is 16.5. The van der Waals surface area contributed by atoms with Gasteiger partial charge in [-0.1, -0.05) is 18.8 Å². The topological polar surface area (TPSA) is 148 Å². The number of aromatic nitrogens is 1. The number of amides is 1. The summed E-state index contributed by atoms with van der Waals surface area (Å²) in [4.78, 5) is 49.6. The Kier molecular flexibility index (Phi) is 10.7.